The van der Waals surface area contributed by atoms with E-state index in [9.17, 15) is 4.39 Å². The van der Waals surface area contributed by atoms with E-state index in [0.717, 1.165) is 5.56 Å². The maximum atomic E-state index is 13.6. The highest BCUT2D eigenvalue weighted by molar-refractivity contribution is 6.31. The molecule has 0 amide bonds. The Bertz CT molecular complexity index is 526. The van der Waals surface area contributed by atoms with E-state index in [1.54, 1.807) is 18.2 Å². The fourth-order valence-electron chi connectivity index (χ4n) is 1.63. The first-order valence-corrected chi connectivity index (χ1v) is 6.30. The third kappa shape index (κ3) is 3.45. The van der Waals surface area contributed by atoms with Crippen molar-refractivity contribution in [2.24, 2.45) is 0 Å². The second-order valence-corrected chi connectivity index (χ2v) is 4.79. The minimum atomic E-state index is -0.359. The molecule has 0 unspecified atom stereocenters. The van der Waals surface area contributed by atoms with Crippen LogP contribution in [0, 0.1) is 5.82 Å². The molecule has 0 radical (unpaired) electrons. The van der Waals surface area contributed by atoms with E-state index >= 15 is 0 Å². The molecule has 0 atom stereocenters. The van der Waals surface area contributed by atoms with Gasteiger partial charge in [0.15, 0.2) is 0 Å². The molecule has 0 spiro atoms. The third-order valence-corrected chi connectivity index (χ3v) is 3.13. The van der Waals surface area contributed by atoms with Crippen molar-refractivity contribution < 1.29 is 4.39 Å². The van der Waals surface area contributed by atoms with Crippen LogP contribution >= 0.6 is 23.2 Å². The zero-order valence-electron chi connectivity index (χ0n) is 9.59. The Labute approximate surface area is 116 Å². The molecular formula is C14H12Cl2FN. The highest BCUT2D eigenvalue weighted by atomic mass is 35.5. The summed E-state index contributed by atoms with van der Waals surface area (Å²) in [7, 11) is 0. The van der Waals surface area contributed by atoms with Gasteiger partial charge < -0.3 is 5.32 Å². The largest absolute Gasteiger partial charge is 0.309 e. The lowest BCUT2D eigenvalue weighted by molar-refractivity contribution is 0.588. The fraction of sp³-hybridized carbons (Fsp3) is 0.143. The average molecular weight is 284 g/mol. The zero-order chi connectivity index (χ0) is 13.0. The summed E-state index contributed by atoms with van der Waals surface area (Å²) in [5, 5.41) is 4.03. The van der Waals surface area contributed by atoms with Crippen molar-refractivity contribution in [3.05, 3.63) is 69.5 Å². The van der Waals surface area contributed by atoms with Crippen LogP contribution in [0.3, 0.4) is 0 Å². The standard InChI is InChI=1S/C14H12Cl2FN/c15-12-6-4-10(5-7-12)8-18-9-11-2-1-3-13(16)14(11)17/h1-7,18H,8-9H2. The Hall–Kier alpha value is -1.09. The van der Waals surface area contributed by atoms with E-state index in [0.29, 0.717) is 23.7 Å². The predicted molar refractivity (Wildman–Crippen MR) is 73.4 cm³/mol. The van der Waals surface area contributed by atoms with Crippen LogP contribution in [-0.4, -0.2) is 0 Å². The van der Waals surface area contributed by atoms with Crippen LogP contribution in [0.1, 0.15) is 11.1 Å². The molecule has 0 bridgehead atoms. The highest BCUT2D eigenvalue weighted by Crippen LogP contribution is 2.17. The van der Waals surface area contributed by atoms with Crippen molar-refractivity contribution in [2.75, 3.05) is 0 Å². The van der Waals surface area contributed by atoms with Crippen molar-refractivity contribution in [2.45, 2.75) is 13.1 Å². The molecule has 18 heavy (non-hydrogen) atoms. The smallest absolute Gasteiger partial charge is 0.146 e. The van der Waals surface area contributed by atoms with E-state index in [2.05, 4.69) is 5.32 Å². The number of hydrogen-bond acceptors (Lipinski definition) is 1. The van der Waals surface area contributed by atoms with Crippen LogP contribution in [0.4, 0.5) is 4.39 Å². The molecule has 0 fully saturated rings. The van der Waals surface area contributed by atoms with E-state index < -0.39 is 0 Å². The Morgan fingerprint density at radius 3 is 2.39 bits per heavy atom. The van der Waals surface area contributed by atoms with Crippen molar-refractivity contribution in [3.8, 4) is 0 Å². The summed E-state index contributed by atoms with van der Waals surface area (Å²) >= 11 is 11.5. The SMILES string of the molecule is Fc1c(Cl)cccc1CNCc1ccc(Cl)cc1. The fourth-order valence-corrected chi connectivity index (χ4v) is 1.95. The first-order valence-electron chi connectivity index (χ1n) is 5.55. The van der Waals surface area contributed by atoms with Crippen LogP contribution in [0.2, 0.25) is 10.0 Å². The lowest BCUT2D eigenvalue weighted by atomic mass is 10.2. The summed E-state index contributed by atoms with van der Waals surface area (Å²) in [6.45, 7) is 1.10. The second kappa shape index (κ2) is 6.19. The van der Waals surface area contributed by atoms with Gasteiger partial charge in [-0.25, -0.2) is 4.39 Å². The molecule has 1 N–H and O–H groups in total. The van der Waals surface area contributed by atoms with E-state index in [-0.39, 0.29) is 10.8 Å². The summed E-state index contributed by atoms with van der Waals surface area (Å²) in [6, 6.07) is 12.5. The number of hydrogen-bond donors (Lipinski definition) is 1. The molecule has 0 aliphatic heterocycles. The van der Waals surface area contributed by atoms with Gasteiger partial charge in [0.05, 0.1) is 5.02 Å². The molecule has 0 saturated heterocycles. The first-order chi connectivity index (χ1) is 8.66. The topological polar surface area (TPSA) is 12.0 Å². The number of benzene rings is 2. The Balaban J connectivity index is 1.92. The van der Waals surface area contributed by atoms with Crippen LogP contribution in [0.15, 0.2) is 42.5 Å². The molecule has 0 aliphatic rings. The molecular weight excluding hydrogens is 272 g/mol. The molecule has 0 saturated carbocycles. The van der Waals surface area contributed by atoms with E-state index in [4.69, 9.17) is 23.2 Å². The average Bonchev–Trinajstić information content (AvgIpc) is 2.37. The number of halogens is 3. The monoisotopic (exact) mass is 283 g/mol. The molecule has 94 valence electrons. The van der Waals surface area contributed by atoms with Crippen LogP contribution < -0.4 is 5.32 Å². The van der Waals surface area contributed by atoms with Crippen LogP contribution in [-0.2, 0) is 13.1 Å². The summed E-state index contributed by atoms with van der Waals surface area (Å²) < 4.78 is 13.6. The number of nitrogens with one attached hydrogen (secondary N) is 1. The van der Waals surface area contributed by atoms with Gasteiger partial charge in [0.2, 0.25) is 0 Å². The zero-order valence-corrected chi connectivity index (χ0v) is 11.1. The van der Waals surface area contributed by atoms with Crippen LogP contribution in [0.5, 0.6) is 0 Å². The molecule has 4 heteroatoms. The molecule has 0 aromatic heterocycles. The first kappa shape index (κ1) is 13.3. The summed E-state index contributed by atoms with van der Waals surface area (Å²) in [5.41, 5.74) is 1.67. The van der Waals surface area contributed by atoms with Gasteiger partial charge in [-0.3, -0.25) is 0 Å². The van der Waals surface area contributed by atoms with Crippen molar-refractivity contribution in [1.29, 1.82) is 0 Å². The predicted octanol–water partition coefficient (Wildman–Crippen LogP) is 4.42. The van der Waals surface area contributed by atoms with Gasteiger partial charge in [0.1, 0.15) is 5.82 Å². The molecule has 1 nitrogen and oxygen atoms in total. The lowest BCUT2D eigenvalue weighted by Crippen LogP contribution is -2.13. The Kier molecular flexibility index (Phi) is 4.59. The van der Waals surface area contributed by atoms with Crippen molar-refractivity contribution in [1.82, 2.24) is 5.32 Å². The van der Waals surface area contributed by atoms with Gasteiger partial charge in [0.25, 0.3) is 0 Å². The maximum absolute atomic E-state index is 13.6. The lowest BCUT2D eigenvalue weighted by Gasteiger charge is -2.07. The van der Waals surface area contributed by atoms with Gasteiger partial charge in [-0.2, -0.15) is 0 Å². The molecule has 2 rings (SSSR count). The molecule has 0 heterocycles. The van der Waals surface area contributed by atoms with Gasteiger partial charge >= 0.3 is 0 Å². The third-order valence-electron chi connectivity index (χ3n) is 2.59. The maximum Gasteiger partial charge on any atom is 0.146 e. The Morgan fingerprint density at radius 1 is 0.944 bits per heavy atom. The van der Waals surface area contributed by atoms with Crippen LogP contribution in [0.25, 0.3) is 0 Å². The molecule has 2 aromatic rings. The van der Waals surface area contributed by atoms with Crippen molar-refractivity contribution >= 4 is 23.2 Å². The highest BCUT2D eigenvalue weighted by Gasteiger charge is 2.05. The van der Waals surface area contributed by atoms with Gasteiger partial charge in [0, 0.05) is 23.7 Å². The summed E-state index contributed by atoms with van der Waals surface area (Å²) in [6.07, 6.45) is 0. The quantitative estimate of drug-likeness (QED) is 0.876. The molecule has 2 aromatic carbocycles. The minimum Gasteiger partial charge on any atom is -0.309 e. The van der Waals surface area contributed by atoms with Gasteiger partial charge in [-0.1, -0.05) is 47.5 Å². The van der Waals surface area contributed by atoms with E-state index in [1.807, 2.05) is 24.3 Å². The molecule has 0 aliphatic carbocycles. The van der Waals surface area contributed by atoms with Gasteiger partial charge in [-0.05, 0) is 23.8 Å². The van der Waals surface area contributed by atoms with E-state index in [1.165, 1.54) is 0 Å². The summed E-state index contributed by atoms with van der Waals surface area (Å²) in [5.74, 6) is -0.359. The van der Waals surface area contributed by atoms with Gasteiger partial charge in [-0.15, -0.1) is 0 Å². The van der Waals surface area contributed by atoms with Crippen molar-refractivity contribution in [3.63, 3.8) is 0 Å². The number of rotatable bonds is 4. The Morgan fingerprint density at radius 2 is 1.67 bits per heavy atom. The summed E-state index contributed by atoms with van der Waals surface area (Å²) in [4.78, 5) is 0. The normalized spacial score (nSPS) is 10.6. The minimum absolute atomic E-state index is 0.154. The second-order valence-electron chi connectivity index (χ2n) is 3.94.